The molecule has 0 aliphatic carbocycles. The van der Waals surface area contributed by atoms with E-state index in [0.29, 0.717) is 28.8 Å². The largest absolute Gasteiger partial charge is 0.478 e. The number of hydrogen-bond acceptors (Lipinski definition) is 2. The van der Waals surface area contributed by atoms with Crippen LogP contribution < -0.4 is 0 Å². The molecule has 0 saturated heterocycles. The Hall–Kier alpha value is -2.10. The smallest absolute Gasteiger partial charge is 0.338 e. The zero-order valence-corrected chi connectivity index (χ0v) is 11.4. The van der Waals surface area contributed by atoms with Gasteiger partial charge in [0.1, 0.15) is 0 Å². The lowest BCUT2D eigenvalue weighted by Crippen LogP contribution is -2.06. The summed E-state index contributed by atoms with van der Waals surface area (Å²) in [5.41, 5.74) is 3.09. The summed E-state index contributed by atoms with van der Waals surface area (Å²) < 4.78 is 1.94. The number of fused-ring (bicyclic) bond motifs is 1. The van der Waals surface area contributed by atoms with Crippen molar-refractivity contribution in [2.75, 3.05) is 0 Å². The van der Waals surface area contributed by atoms with Crippen LogP contribution in [0.4, 0.5) is 0 Å². The first-order valence-corrected chi connectivity index (χ1v) is 6.33. The van der Waals surface area contributed by atoms with Crippen LogP contribution in [-0.4, -0.2) is 21.9 Å². The number of benzene rings is 1. The fourth-order valence-electron chi connectivity index (χ4n) is 2.62. The minimum Gasteiger partial charge on any atom is -0.478 e. The van der Waals surface area contributed by atoms with Crippen molar-refractivity contribution in [3.63, 3.8) is 0 Å². The van der Waals surface area contributed by atoms with Crippen molar-refractivity contribution in [2.45, 2.75) is 33.7 Å². The fraction of sp³-hybridized carbons (Fsp3) is 0.333. The molecule has 1 N–H and O–H groups in total. The Morgan fingerprint density at radius 2 is 2.05 bits per heavy atom. The molecular weight excluding hydrogens is 242 g/mol. The molecule has 1 aromatic heterocycles. The first-order chi connectivity index (χ1) is 9.02. The highest BCUT2D eigenvalue weighted by Crippen LogP contribution is 2.30. The zero-order chi connectivity index (χ0) is 14.2. The topological polar surface area (TPSA) is 59.3 Å². The summed E-state index contributed by atoms with van der Waals surface area (Å²) in [5.74, 6) is -0.949. The summed E-state index contributed by atoms with van der Waals surface area (Å²) in [4.78, 5) is 22.8. The number of nitrogens with zero attached hydrogens (tertiary/aromatic N) is 1. The Labute approximate surface area is 111 Å². The van der Waals surface area contributed by atoms with Crippen LogP contribution in [0, 0.1) is 13.8 Å². The van der Waals surface area contributed by atoms with Gasteiger partial charge in [0.15, 0.2) is 6.29 Å². The minimum atomic E-state index is -0.949. The van der Waals surface area contributed by atoms with Crippen LogP contribution in [0.1, 0.15) is 45.3 Å². The van der Waals surface area contributed by atoms with E-state index >= 15 is 0 Å². The third-order valence-electron chi connectivity index (χ3n) is 3.52. The van der Waals surface area contributed by atoms with Crippen molar-refractivity contribution in [3.05, 3.63) is 34.5 Å². The molecule has 0 spiro atoms. The number of rotatable bonds is 4. The summed E-state index contributed by atoms with van der Waals surface area (Å²) in [6.07, 6.45) is 1.70. The standard InChI is InChI=1S/C15H17NO3/c1-4-7-16-10(3)12(8-17)11-6-5-9(2)13(14(11)16)15(18)19/h5-6,8H,4,7H2,1-3H3,(H,18,19). The second kappa shape index (κ2) is 4.88. The van der Waals surface area contributed by atoms with Crippen molar-refractivity contribution in [1.82, 2.24) is 4.57 Å². The monoisotopic (exact) mass is 259 g/mol. The molecule has 0 aliphatic rings. The maximum absolute atomic E-state index is 11.5. The van der Waals surface area contributed by atoms with Gasteiger partial charge in [-0.2, -0.15) is 0 Å². The molecule has 1 heterocycles. The molecule has 1 aromatic carbocycles. The number of aldehydes is 1. The normalized spacial score (nSPS) is 10.9. The number of aryl methyl sites for hydroxylation is 2. The summed E-state index contributed by atoms with van der Waals surface area (Å²) in [5, 5.41) is 10.2. The van der Waals surface area contributed by atoms with E-state index in [1.807, 2.05) is 24.5 Å². The number of carbonyl (C=O) groups excluding carboxylic acids is 1. The zero-order valence-electron chi connectivity index (χ0n) is 11.4. The highest BCUT2D eigenvalue weighted by atomic mass is 16.4. The van der Waals surface area contributed by atoms with Crippen molar-refractivity contribution in [1.29, 1.82) is 0 Å². The van der Waals surface area contributed by atoms with Gasteiger partial charge in [0.25, 0.3) is 0 Å². The second-order valence-corrected chi connectivity index (χ2v) is 4.73. The van der Waals surface area contributed by atoms with Gasteiger partial charge >= 0.3 is 5.97 Å². The van der Waals surface area contributed by atoms with Crippen LogP contribution in [0.3, 0.4) is 0 Å². The van der Waals surface area contributed by atoms with E-state index in [1.54, 1.807) is 13.0 Å². The molecule has 0 radical (unpaired) electrons. The molecule has 0 fully saturated rings. The third kappa shape index (κ3) is 1.93. The first kappa shape index (κ1) is 13.3. The predicted octanol–water partition coefficient (Wildman–Crippen LogP) is 3.18. The van der Waals surface area contributed by atoms with Gasteiger partial charge in [0.05, 0.1) is 11.1 Å². The maximum Gasteiger partial charge on any atom is 0.338 e. The SMILES string of the molecule is CCCn1c(C)c(C=O)c2ccc(C)c(C(=O)O)c21. The molecule has 0 aliphatic heterocycles. The van der Waals surface area contributed by atoms with Crippen molar-refractivity contribution in [2.24, 2.45) is 0 Å². The Morgan fingerprint density at radius 3 is 2.58 bits per heavy atom. The molecular formula is C15H17NO3. The quantitative estimate of drug-likeness (QED) is 0.858. The molecule has 4 heteroatoms. The molecule has 0 saturated carbocycles. The van der Waals surface area contributed by atoms with Gasteiger partial charge in [-0.1, -0.05) is 19.1 Å². The molecule has 0 bridgehead atoms. The lowest BCUT2D eigenvalue weighted by Gasteiger charge is -2.10. The van der Waals surface area contributed by atoms with Crippen LogP contribution in [0.2, 0.25) is 0 Å². The van der Waals surface area contributed by atoms with E-state index in [0.717, 1.165) is 23.8 Å². The highest BCUT2D eigenvalue weighted by Gasteiger charge is 2.20. The van der Waals surface area contributed by atoms with Gasteiger partial charge in [-0.3, -0.25) is 4.79 Å². The first-order valence-electron chi connectivity index (χ1n) is 6.33. The minimum absolute atomic E-state index is 0.294. The third-order valence-corrected chi connectivity index (χ3v) is 3.52. The lowest BCUT2D eigenvalue weighted by molar-refractivity contribution is 0.0697. The summed E-state index contributed by atoms with van der Waals surface area (Å²) in [7, 11) is 0. The second-order valence-electron chi connectivity index (χ2n) is 4.73. The van der Waals surface area contributed by atoms with Crippen molar-refractivity contribution < 1.29 is 14.7 Å². The van der Waals surface area contributed by atoms with E-state index in [4.69, 9.17) is 0 Å². The van der Waals surface area contributed by atoms with Gasteiger partial charge in [0.2, 0.25) is 0 Å². The van der Waals surface area contributed by atoms with Gasteiger partial charge in [-0.15, -0.1) is 0 Å². The van der Waals surface area contributed by atoms with Gasteiger partial charge in [0, 0.05) is 23.2 Å². The number of aromatic carboxylic acids is 1. The average Bonchev–Trinajstić information content (AvgIpc) is 2.62. The summed E-state index contributed by atoms with van der Waals surface area (Å²) in [6, 6.07) is 3.59. The van der Waals surface area contributed by atoms with E-state index < -0.39 is 5.97 Å². The van der Waals surface area contributed by atoms with Gasteiger partial charge in [-0.05, 0) is 25.8 Å². The van der Waals surface area contributed by atoms with E-state index in [1.165, 1.54) is 0 Å². The Balaban J connectivity index is 2.98. The maximum atomic E-state index is 11.5. The molecule has 0 amide bonds. The number of aromatic nitrogens is 1. The summed E-state index contributed by atoms with van der Waals surface area (Å²) in [6.45, 7) is 6.38. The Bertz CT molecular complexity index is 668. The summed E-state index contributed by atoms with van der Waals surface area (Å²) >= 11 is 0. The Morgan fingerprint density at radius 1 is 1.37 bits per heavy atom. The molecule has 0 unspecified atom stereocenters. The molecule has 4 nitrogen and oxygen atoms in total. The van der Waals surface area contributed by atoms with Crippen molar-refractivity contribution in [3.8, 4) is 0 Å². The van der Waals surface area contributed by atoms with Crippen LogP contribution in [0.15, 0.2) is 12.1 Å². The van der Waals surface area contributed by atoms with Gasteiger partial charge < -0.3 is 9.67 Å². The van der Waals surface area contributed by atoms with Crippen LogP contribution in [0.25, 0.3) is 10.9 Å². The molecule has 19 heavy (non-hydrogen) atoms. The molecule has 0 atom stereocenters. The van der Waals surface area contributed by atoms with Crippen molar-refractivity contribution >= 4 is 23.2 Å². The van der Waals surface area contributed by atoms with E-state index in [9.17, 15) is 14.7 Å². The van der Waals surface area contributed by atoms with E-state index in [2.05, 4.69) is 0 Å². The predicted molar refractivity (Wildman–Crippen MR) is 74.0 cm³/mol. The number of carbonyl (C=O) groups is 2. The number of carboxylic acids is 1. The average molecular weight is 259 g/mol. The van der Waals surface area contributed by atoms with Crippen LogP contribution in [0.5, 0.6) is 0 Å². The van der Waals surface area contributed by atoms with Gasteiger partial charge in [-0.25, -0.2) is 4.79 Å². The molecule has 100 valence electrons. The molecule has 2 aromatic rings. The molecule has 2 rings (SSSR count). The lowest BCUT2D eigenvalue weighted by atomic mass is 10.0. The van der Waals surface area contributed by atoms with Crippen LogP contribution >= 0.6 is 0 Å². The highest BCUT2D eigenvalue weighted by molar-refractivity contribution is 6.09. The number of carboxylic acid groups (broad SMARTS) is 1. The van der Waals surface area contributed by atoms with E-state index in [-0.39, 0.29) is 0 Å². The fourth-order valence-corrected chi connectivity index (χ4v) is 2.62. The van der Waals surface area contributed by atoms with Crippen LogP contribution in [-0.2, 0) is 6.54 Å². The Kier molecular flexibility index (Phi) is 3.42. The number of hydrogen-bond donors (Lipinski definition) is 1.